The lowest BCUT2D eigenvalue weighted by molar-refractivity contribution is 0.215. The van der Waals surface area contributed by atoms with Crippen LogP contribution in [0.2, 0.25) is 0 Å². The first kappa shape index (κ1) is 19.8. The second-order valence-electron chi connectivity index (χ2n) is 6.58. The Morgan fingerprint density at radius 1 is 1.27 bits per heavy atom. The van der Waals surface area contributed by atoms with Crippen molar-refractivity contribution in [3.63, 3.8) is 0 Å². The van der Waals surface area contributed by atoms with E-state index in [0.717, 1.165) is 36.8 Å². The zero-order valence-electron chi connectivity index (χ0n) is 16.5. The van der Waals surface area contributed by atoms with Crippen LogP contribution in [0.1, 0.15) is 37.0 Å². The van der Waals surface area contributed by atoms with E-state index in [9.17, 15) is 0 Å². The van der Waals surface area contributed by atoms with Gasteiger partial charge in [0.2, 0.25) is 0 Å². The lowest BCUT2D eigenvalue weighted by Crippen LogP contribution is -2.38. The van der Waals surface area contributed by atoms with Crippen molar-refractivity contribution in [2.75, 3.05) is 13.6 Å². The SMILES string of the molecule is CCC(C)Oc1cc(C)ccc1CNC(=NC)NCCn1cc(C)cn1. The Balaban J connectivity index is 1.89. The maximum absolute atomic E-state index is 6.07. The van der Waals surface area contributed by atoms with Gasteiger partial charge in [-0.05, 0) is 44.4 Å². The van der Waals surface area contributed by atoms with Gasteiger partial charge in [-0.15, -0.1) is 0 Å². The van der Waals surface area contributed by atoms with Crippen molar-refractivity contribution in [3.05, 3.63) is 47.3 Å². The normalized spacial score (nSPS) is 12.7. The number of ether oxygens (including phenoxy) is 1. The van der Waals surface area contributed by atoms with Crippen LogP contribution >= 0.6 is 0 Å². The van der Waals surface area contributed by atoms with Crippen molar-refractivity contribution in [1.29, 1.82) is 0 Å². The van der Waals surface area contributed by atoms with E-state index < -0.39 is 0 Å². The van der Waals surface area contributed by atoms with Crippen LogP contribution in [-0.2, 0) is 13.1 Å². The van der Waals surface area contributed by atoms with Crippen molar-refractivity contribution >= 4 is 5.96 Å². The van der Waals surface area contributed by atoms with E-state index >= 15 is 0 Å². The predicted molar refractivity (Wildman–Crippen MR) is 107 cm³/mol. The first-order valence-corrected chi connectivity index (χ1v) is 9.21. The zero-order valence-corrected chi connectivity index (χ0v) is 16.5. The van der Waals surface area contributed by atoms with Gasteiger partial charge in [0.1, 0.15) is 5.75 Å². The number of rotatable bonds is 8. The Morgan fingerprint density at radius 3 is 2.73 bits per heavy atom. The van der Waals surface area contributed by atoms with Gasteiger partial charge in [-0.2, -0.15) is 5.10 Å². The first-order valence-electron chi connectivity index (χ1n) is 9.21. The molecule has 26 heavy (non-hydrogen) atoms. The second-order valence-corrected chi connectivity index (χ2v) is 6.58. The summed E-state index contributed by atoms with van der Waals surface area (Å²) < 4.78 is 8.00. The number of nitrogens with zero attached hydrogens (tertiary/aromatic N) is 3. The molecule has 0 aliphatic carbocycles. The largest absolute Gasteiger partial charge is 0.490 e. The molecular weight excluding hydrogens is 326 g/mol. The zero-order chi connectivity index (χ0) is 18.9. The third-order valence-electron chi connectivity index (χ3n) is 4.19. The Labute approximate surface area is 156 Å². The number of hydrogen-bond donors (Lipinski definition) is 2. The van der Waals surface area contributed by atoms with Crippen LogP contribution in [-0.4, -0.2) is 35.4 Å². The third kappa shape index (κ3) is 6.10. The molecule has 0 saturated carbocycles. The van der Waals surface area contributed by atoms with Crippen LogP contribution in [0.5, 0.6) is 5.75 Å². The minimum absolute atomic E-state index is 0.200. The molecule has 1 aromatic carbocycles. The fraction of sp³-hybridized carbons (Fsp3) is 0.500. The number of aromatic nitrogens is 2. The van der Waals surface area contributed by atoms with E-state index in [2.05, 4.69) is 59.7 Å². The van der Waals surface area contributed by atoms with Gasteiger partial charge in [0, 0.05) is 31.9 Å². The van der Waals surface area contributed by atoms with Gasteiger partial charge in [0.15, 0.2) is 5.96 Å². The van der Waals surface area contributed by atoms with Gasteiger partial charge in [-0.25, -0.2) is 0 Å². The fourth-order valence-electron chi connectivity index (χ4n) is 2.50. The molecule has 2 N–H and O–H groups in total. The predicted octanol–water partition coefficient (Wildman–Crippen LogP) is 3.04. The summed E-state index contributed by atoms with van der Waals surface area (Å²) in [7, 11) is 1.78. The molecule has 0 spiro atoms. The van der Waals surface area contributed by atoms with Crippen molar-refractivity contribution in [2.45, 2.75) is 53.3 Å². The highest BCUT2D eigenvalue weighted by Crippen LogP contribution is 2.22. The van der Waals surface area contributed by atoms with E-state index in [1.54, 1.807) is 7.05 Å². The van der Waals surface area contributed by atoms with Gasteiger partial charge in [-0.3, -0.25) is 9.67 Å². The Bertz CT molecular complexity index is 723. The highest BCUT2D eigenvalue weighted by atomic mass is 16.5. The lowest BCUT2D eigenvalue weighted by atomic mass is 10.1. The minimum Gasteiger partial charge on any atom is -0.490 e. The molecule has 1 unspecified atom stereocenters. The van der Waals surface area contributed by atoms with E-state index in [4.69, 9.17) is 4.74 Å². The summed E-state index contributed by atoms with van der Waals surface area (Å²) in [5.41, 5.74) is 3.49. The van der Waals surface area contributed by atoms with E-state index in [-0.39, 0.29) is 6.10 Å². The molecule has 6 nitrogen and oxygen atoms in total. The topological polar surface area (TPSA) is 63.5 Å². The smallest absolute Gasteiger partial charge is 0.191 e. The Morgan fingerprint density at radius 2 is 2.08 bits per heavy atom. The molecule has 2 rings (SSSR count). The van der Waals surface area contributed by atoms with Gasteiger partial charge in [0.25, 0.3) is 0 Å². The summed E-state index contributed by atoms with van der Waals surface area (Å²) in [4.78, 5) is 4.29. The molecule has 142 valence electrons. The average Bonchev–Trinajstić information content (AvgIpc) is 3.04. The molecule has 0 fully saturated rings. The third-order valence-corrected chi connectivity index (χ3v) is 4.19. The molecule has 0 radical (unpaired) electrons. The molecule has 1 atom stereocenters. The van der Waals surface area contributed by atoms with Crippen molar-refractivity contribution in [3.8, 4) is 5.75 Å². The Hall–Kier alpha value is -2.50. The van der Waals surface area contributed by atoms with Crippen LogP contribution in [0.15, 0.2) is 35.6 Å². The standard InChI is InChI=1S/C20H31N5O/c1-6-17(4)26-19-11-15(2)7-8-18(19)13-23-20(21-5)22-9-10-25-14-16(3)12-24-25/h7-8,11-12,14,17H,6,9-10,13H2,1-5H3,(H2,21,22,23). The molecule has 0 saturated heterocycles. The van der Waals surface area contributed by atoms with Gasteiger partial charge < -0.3 is 15.4 Å². The molecular formula is C20H31N5O. The maximum atomic E-state index is 6.07. The lowest BCUT2D eigenvalue weighted by Gasteiger charge is -2.18. The van der Waals surface area contributed by atoms with Crippen LogP contribution in [0.25, 0.3) is 0 Å². The summed E-state index contributed by atoms with van der Waals surface area (Å²) >= 11 is 0. The fourth-order valence-corrected chi connectivity index (χ4v) is 2.50. The number of benzene rings is 1. The van der Waals surface area contributed by atoms with Gasteiger partial charge >= 0.3 is 0 Å². The molecule has 0 aliphatic heterocycles. The maximum Gasteiger partial charge on any atom is 0.191 e. The highest BCUT2D eigenvalue weighted by Gasteiger charge is 2.08. The van der Waals surface area contributed by atoms with Crippen LogP contribution in [0, 0.1) is 13.8 Å². The molecule has 2 aromatic rings. The molecule has 6 heteroatoms. The number of guanidine groups is 1. The summed E-state index contributed by atoms with van der Waals surface area (Å²) in [6, 6.07) is 6.32. The van der Waals surface area contributed by atoms with E-state index in [0.29, 0.717) is 6.54 Å². The van der Waals surface area contributed by atoms with Crippen LogP contribution < -0.4 is 15.4 Å². The second kappa shape index (κ2) is 9.85. The summed E-state index contributed by atoms with van der Waals surface area (Å²) in [6.45, 7) is 10.6. The molecule has 1 aromatic heterocycles. The molecule has 0 amide bonds. The van der Waals surface area contributed by atoms with E-state index in [1.807, 2.05) is 24.0 Å². The number of hydrogen-bond acceptors (Lipinski definition) is 3. The van der Waals surface area contributed by atoms with Crippen molar-refractivity contribution in [2.24, 2.45) is 4.99 Å². The summed E-state index contributed by atoms with van der Waals surface area (Å²) in [6.07, 6.45) is 5.08. The van der Waals surface area contributed by atoms with E-state index in [1.165, 1.54) is 11.1 Å². The molecule has 0 bridgehead atoms. The molecule has 0 aliphatic rings. The monoisotopic (exact) mass is 357 g/mol. The number of nitrogens with one attached hydrogen (secondary N) is 2. The Kier molecular flexibility index (Phi) is 7.51. The first-order chi connectivity index (χ1) is 12.5. The summed E-state index contributed by atoms with van der Waals surface area (Å²) in [5, 5.41) is 11.0. The van der Waals surface area contributed by atoms with Gasteiger partial charge in [0.05, 0.1) is 18.8 Å². The van der Waals surface area contributed by atoms with Crippen molar-refractivity contribution in [1.82, 2.24) is 20.4 Å². The molecule has 1 heterocycles. The van der Waals surface area contributed by atoms with Gasteiger partial charge in [-0.1, -0.05) is 19.1 Å². The highest BCUT2D eigenvalue weighted by molar-refractivity contribution is 5.79. The number of aliphatic imine (C=N–C) groups is 1. The summed E-state index contributed by atoms with van der Waals surface area (Å²) in [5.74, 6) is 1.71. The average molecular weight is 358 g/mol. The van der Waals surface area contributed by atoms with Crippen LogP contribution in [0.4, 0.5) is 0 Å². The van der Waals surface area contributed by atoms with Crippen LogP contribution in [0.3, 0.4) is 0 Å². The quantitative estimate of drug-likeness (QED) is 0.563. The number of aryl methyl sites for hydroxylation is 2. The minimum atomic E-state index is 0.200. The van der Waals surface area contributed by atoms with Crippen molar-refractivity contribution < 1.29 is 4.74 Å².